The fourth-order valence-corrected chi connectivity index (χ4v) is 4.26. The van der Waals surface area contributed by atoms with Crippen molar-refractivity contribution in [3.63, 3.8) is 0 Å². The van der Waals surface area contributed by atoms with Gasteiger partial charge in [-0.3, -0.25) is 14.9 Å². The van der Waals surface area contributed by atoms with Crippen LogP contribution in [-0.4, -0.2) is 19.2 Å². The summed E-state index contributed by atoms with van der Waals surface area (Å²) in [7, 11) is -3.83. The molecule has 0 atom stereocenters. The van der Waals surface area contributed by atoms with Crippen LogP contribution in [0.2, 0.25) is 5.02 Å². The number of nitrogens with one attached hydrogen (secondary N) is 1. The summed E-state index contributed by atoms with van der Waals surface area (Å²) < 4.78 is 25.3. The summed E-state index contributed by atoms with van der Waals surface area (Å²) in [5, 5.41) is 14.0. The van der Waals surface area contributed by atoms with E-state index in [0.29, 0.717) is 17.1 Å². The summed E-state index contributed by atoms with van der Waals surface area (Å²) in [6.45, 7) is 0. The first-order chi connectivity index (χ1) is 14.3. The summed E-state index contributed by atoms with van der Waals surface area (Å²) in [4.78, 5) is 22.2. The number of benzene rings is 3. The van der Waals surface area contributed by atoms with E-state index in [1.54, 1.807) is 6.07 Å². The molecule has 0 heterocycles. The van der Waals surface area contributed by atoms with Gasteiger partial charge in [-0.15, -0.1) is 0 Å². The molecule has 0 aromatic heterocycles. The lowest BCUT2D eigenvalue weighted by molar-refractivity contribution is -0.384. The van der Waals surface area contributed by atoms with Crippen LogP contribution in [0.4, 0.5) is 11.4 Å². The van der Waals surface area contributed by atoms with Crippen LogP contribution in [0.25, 0.3) is 0 Å². The number of nitro groups is 1. The van der Waals surface area contributed by atoms with Gasteiger partial charge in [-0.1, -0.05) is 29.8 Å². The molecule has 0 aliphatic heterocycles. The predicted molar refractivity (Wildman–Crippen MR) is 113 cm³/mol. The number of carbonyl (C=O) groups is 1. The van der Waals surface area contributed by atoms with Gasteiger partial charge in [0.15, 0.2) is 0 Å². The Bertz CT molecular complexity index is 1180. The van der Waals surface area contributed by atoms with Crippen LogP contribution < -0.4 is 5.32 Å². The number of rotatable bonds is 7. The number of amides is 1. The van der Waals surface area contributed by atoms with Crippen molar-refractivity contribution in [2.75, 3.05) is 5.32 Å². The molecule has 0 aliphatic carbocycles. The molecule has 0 fully saturated rings. The minimum absolute atomic E-state index is 0.0189. The van der Waals surface area contributed by atoms with Crippen molar-refractivity contribution < 1.29 is 18.1 Å². The molecule has 0 bridgehead atoms. The number of nitrogens with zero attached hydrogens (tertiary/aromatic N) is 1. The van der Waals surface area contributed by atoms with Gasteiger partial charge < -0.3 is 5.32 Å². The van der Waals surface area contributed by atoms with Crippen molar-refractivity contribution in [1.29, 1.82) is 0 Å². The van der Waals surface area contributed by atoms with Crippen LogP contribution in [0.15, 0.2) is 82.6 Å². The Morgan fingerprint density at radius 2 is 1.50 bits per heavy atom. The fourth-order valence-electron chi connectivity index (χ4n) is 2.77. The summed E-state index contributed by atoms with van der Waals surface area (Å²) in [5.74, 6) is -0.221. The van der Waals surface area contributed by atoms with E-state index in [1.807, 2.05) is 18.2 Å². The first kappa shape index (κ1) is 21.5. The summed E-state index contributed by atoms with van der Waals surface area (Å²) >= 11 is 6.08. The third-order valence-electron chi connectivity index (χ3n) is 4.39. The molecule has 1 N–H and O–H groups in total. The zero-order valence-electron chi connectivity index (χ0n) is 15.6. The van der Waals surface area contributed by atoms with Crippen LogP contribution in [0.1, 0.15) is 12.0 Å². The Morgan fingerprint density at radius 3 is 2.07 bits per heavy atom. The standard InChI is InChI=1S/C21H17ClN2O5S/c22-20-4-2-1-3-15(20)5-14-21(25)23-16-6-10-18(11-7-16)30(28,29)19-12-8-17(9-13-19)24(26)27/h1-4,6-13H,5,14H2,(H,23,25). The number of hydrogen-bond acceptors (Lipinski definition) is 5. The van der Waals surface area contributed by atoms with Gasteiger partial charge in [-0.25, -0.2) is 8.42 Å². The van der Waals surface area contributed by atoms with Crippen LogP contribution >= 0.6 is 11.6 Å². The highest BCUT2D eigenvalue weighted by Crippen LogP contribution is 2.24. The van der Waals surface area contributed by atoms with E-state index in [4.69, 9.17) is 11.6 Å². The molecule has 9 heteroatoms. The van der Waals surface area contributed by atoms with Crippen LogP contribution in [-0.2, 0) is 21.1 Å². The molecule has 0 radical (unpaired) electrons. The molecule has 154 valence electrons. The molecule has 0 saturated heterocycles. The molecule has 0 spiro atoms. The van der Waals surface area contributed by atoms with E-state index in [9.17, 15) is 23.3 Å². The molecule has 3 aromatic carbocycles. The maximum Gasteiger partial charge on any atom is 0.269 e. The molecular formula is C21H17ClN2O5S. The molecule has 0 unspecified atom stereocenters. The number of nitro benzene ring substituents is 1. The van der Waals surface area contributed by atoms with Gasteiger partial charge >= 0.3 is 0 Å². The van der Waals surface area contributed by atoms with Crippen molar-refractivity contribution in [3.05, 3.63) is 93.5 Å². The molecule has 0 aliphatic rings. The number of hydrogen-bond donors (Lipinski definition) is 1. The first-order valence-corrected chi connectivity index (χ1v) is 10.8. The zero-order valence-corrected chi connectivity index (χ0v) is 17.2. The second-order valence-corrected chi connectivity index (χ2v) is 8.78. The van der Waals surface area contributed by atoms with Crippen molar-refractivity contribution in [3.8, 4) is 0 Å². The zero-order chi connectivity index (χ0) is 21.7. The second-order valence-electron chi connectivity index (χ2n) is 6.42. The van der Waals surface area contributed by atoms with Crippen molar-refractivity contribution in [2.45, 2.75) is 22.6 Å². The van der Waals surface area contributed by atoms with E-state index in [2.05, 4.69) is 5.32 Å². The van der Waals surface area contributed by atoms with Gasteiger partial charge in [0, 0.05) is 29.3 Å². The quantitative estimate of drug-likeness (QED) is 0.421. The van der Waals surface area contributed by atoms with Gasteiger partial charge in [0.25, 0.3) is 5.69 Å². The van der Waals surface area contributed by atoms with E-state index in [0.717, 1.165) is 17.7 Å². The SMILES string of the molecule is O=C(CCc1ccccc1Cl)Nc1ccc(S(=O)(=O)c2ccc([N+](=O)[O-])cc2)cc1. The van der Waals surface area contributed by atoms with E-state index in [-0.39, 0.29) is 27.8 Å². The molecule has 30 heavy (non-hydrogen) atoms. The summed E-state index contributed by atoms with van der Waals surface area (Å²) in [6.07, 6.45) is 0.713. The van der Waals surface area contributed by atoms with Crippen molar-refractivity contribution in [1.82, 2.24) is 0 Å². The smallest absolute Gasteiger partial charge is 0.269 e. The average Bonchev–Trinajstić information content (AvgIpc) is 2.73. The Labute approximate surface area is 178 Å². The Kier molecular flexibility index (Phi) is 6.49. The monoisotopic (exact) mass is 444 g/mol. The Hall–Kier alpha value is -3.23. The van der Waals surface area contributed by atoms with E-state index < -0.39 is 14.8 Å². The lowest BCUT2D eigenvalue weighted by atomic mass is 10.1. The highest BCUT2D eigenvalue weighted by Gasteiger charge is 2.19. The lowest BCUT2D eigenvalue weighted by Crippen LogP contribution is -2.12. The minimum atomic E-state index is -3.83. The van der Waals surface area contributed by atoms with Crippen molar-refractivity contribution in [2.24, 2.45) is 0 Å². The van der Waals surface area contributed by atoms with E-state index >= 15 is 0 Å². The molecule has 3 rings (SSSR count). The topological polar surface area (TPSA) is 106 Å². The number of carbonyl (C=O) groups excluding carboxylic acids is 1. The van der Waals surface area contributed by atoms with E-state index in [1.165, 1.54) is 36.4 Å². The third kappa shape index (κ3) is 5.03. The van der Waals surface area contributed by atoms with Crippen LogP contribution in [0.3, 0.4) is 0 Å². The number of anilines is 1. The fraction of sp³-hybridized carbons (Fsp3) is 0.0952. The molecule has 0 saturated carbocycles. The molecule has 3 aromatic rings. The predicted octanol–water partition coefficient (Wildman–Crippen LogP) is 4.65. The number of non-ortho nitro benzene ring substituents is 1. The Balaban J connectivity index is 1.66. The van der Waals surface area contributed by atoms with Crippen LogP contribution in [0, 0.1) is 10.1 Å². The maximum absolute atomic E-state index is 12.7. The minimum Gasteiger partial charge on any atom is -0.326 e. The van der Waals surface area contributed by atoms with Gasteiger partial charge in [-0.05, 0) is 54.4 Å². The normalized spacial score (nSPS) is 11.1. The number of sulfone groups is 1. The first-order valence-electron chi connectivity index (χ1n) is 8.90. The highest BCUT2D eigenvalue weighted by molar-refractivity contribution is 7.91. The maximum atomic E-state index is 12.7. The van der Waals surface area contributed by atoms with Gasteiger partial charge in [0.2, 0.25) is 15.7 Å². The van der Waals surface area contributed by atoms with Crippen molar-refractivity contribution >= 4 is 38.7 Å². The van der Waals surface area contributed by atoms with Gasteiger partial charge in [0.1, 0.15) is 0 Å². The summed E-state index contributed by atoms with van der Waals surface area (Å²) in [5.41, 5.74) is 1.14. The lowest BCUT2D eigenvalue weighted by Gasteiger charge is -2.08. The average molecular weight is 445 g/mol. The molecule has 1 amide bonds. The molecule has 7 nitrogen and oxygen atoms in total. The van der Waals surface area contributed by atoms with Gasteiger partial charge in [-0.2, -0.15) is 0 Å². The second kappa shape index (κ2) is 9.06. The largest absolute Gasteiger partial charge is 0.326 e. The number of aryl methyl sites for hydroxylation is 1. The number of halogens is 1. The third-order valence-corrected chi connectivity index (χ3v) is 6.54. The summed E-state index contributed by atoms with van der Waals surface area (Å²) in [6, 6.07) is 17.7. The molecular weight excluding hydrogens is 428 g/mol. The Morgan fingerprint density at radius 1 is 0.933 bits per heavy atom. The van der Waals surface area contributed by atoms with Gasteiger partial charge in [0.05, 0.1) is 14.7 Å². The highest BCUT2D eigenvalue weighted by atomic mass is 35.5. The van der Waals surface area contributed by atoms with Crippen LogP contribution in [0.5, 0.6) is 0 Å².